The number of rotatable bonds is 8. The molecule has 2 atom stereocenters. The van der Waals surface area contributed by atoms with Crippen molar-refractivity contribution in [2.45, 2.75) is 31.9 Å². The summed E-state index contributed by atoms with van der Waals surface area (Å²) >= 11 is 0. The first kappa shape index (κ1) is 14.6. The minimum absolute atomic E-state index is 0.169. The first-order valence-electron chi connectivity index (χ1n) is 5.26. The monoisotopic (exact) mass is 235 g/mol. The fourth-order valence-corrected chi connectivity index (χ4v) is 1.47. The molecular formula is C10H21NO3S. The van der Waals surface area contributed by atoms with Crippen LogP contribution in [0.4, 0.5) is 0 Å². The molecule has 90 valence electrons. The van der Waals surface area contributed by atoms with Crippen molar-refractivity contribution in [2.75, 3.05) is 26.0 Å². The summed E-state index contributed by atoms with van der Waals surface area (Å²) in [7, 11) is -0.759. The highest BCUT2D eigenvalue weighted by atomic mass is 32.2. The van der Waals surface area contributed by atoms with Crippen molar-refractivity contribution in [3.63, 3.8) is 0 Å². The van der Waals surface area contributed by atoms with Crippen LogP contribution in [0.5, 0.6) is 0 Å². The Balaban J connectivity index is 3.32. The Morgan fingerprint density at radius 2 is 2.13 bits per heavy atom. The summed E-state index contributed by atoms with van der Waals surface area (Å²) in [6.45, 7) is 5.61. The lowest BCUT2D eigenvalue weighted by Gasteiger charge is -2.08. The Morgan fingerprint density at radius 1 is 1.47 bits per heavy atom. The molecule has 0 aliphatic heterocycles. The Labute approximate surface area is 94.2 Å². The molecule has 0 aromatic rings. The van der Waals surface area contributed by atoms with Gasteiger partial charge in [-0.25, -0.2) is 0 Å². The highest BCUT2D eigenvalue weighted by Crippen LogP contribution is 1.97. The summed E-state index contributed by atoms with van der Waals surface area (Å²) in [5.41, 5.74) is 0. The highest BCUT2D eigenvalue weighted by molar-refractivity contribution is 7.84. The predicted molar refractivity (Wildman–Crippen MR) is 62.3 cm³/mol. The number of esters is 1. The van der Waals surface area contributed by atoms with Crippen LogP contribution in [0.3, 0.4) is 0 Å². The zero-order valence-corrected chi connectivity index (χ0v) is 10.6. The molecule has 0 aliphatic carbocycles. The van der Waals surface area contributed by atoms with E-state index in [1.165, 1.54) is 0 Å². The number of carbonyl (C=O) groups excluding carboxylic acids is 1. The molecule has 0 amide bonds. The Kier molecular flexibility index (Phi) is 8.61. The van der Waals surface area contributed by atoms with Gasteiger partial charge in [-0.2, -0.15) is 0 Å². The highest BCUT2D eigenvalue weighted by Gasteiger charge is 2.05. The summed E-state index contributed by atoms with van der Waals surface area (Å²) in [6.07, 6.45) is 2.98. The maximum absolute atomic E-state index is 11.0. The minimum Gasteiger partial charge on any atom is -0.466 e. The van der Waals surface area contributed by atoms with Gasteiger partial charge in [0.1, 0.15) is 0 Å². The van der Waals surface area contributed by atoms with Crippen LogP contribution in [-0.2, 0) is 20.3 Å². The van der Waals surface area contributed by atoms with E-state index in [0.717, 1.165) is 13.0 Å². The van der Waals surface area contributed by atoms with E-state index >= 15 is 0 Å². The molecule has 0 aromatic carbocycles. The summed E-state index contributed by atoms with van der Waals surface area (Å²) in [5, 5.41) is 3.33. The molecule has 0 saturated heterocycles. The summed E-state index contributed by atoms with van der Waals surface area (Å²) in [6, 6.07) is 0. The first-order valence-corrected chi connectivity index (χ1v) is 6.88. The fraction of sp³-hybridized carbons (Fsp3) is 0.900. The normalized spacial score (nSPS) is 14.6. The molecule has 0 heterocycles. The van der Waals surface area contributed by atoms with Gasteiger partial charge in [0.05, 0.1) is 13.0 Å². The predicted octanol–water partition coefficient (Wildman–Crippen LogP) is 0.686. The average Bonchev–Trinajstić information content (AvgIpc) is 2.17. The number of carbonyl (C=O) groups is 1. The van der Waals surface area contributed by atoms with Crippen LogP contribution < -0.4 is 5.32 Å². The van der Waals surface area contributed by atoms with E-state index in [4.69, 9.17) is 4.74 Å². The molecule has 0 aromatic heterocycles. The molecular weight excluding hydrogens is 214 g/mol. The van der Waals surface area contributed by atoms with Crippen molar-refractivity contribution in [1.82, 2.24) is 5.32 Å². The van der Waals surface area contributed by atoms with Crippen LogP contribution in [-0.4, -0.2) is 41.4 Å². The third-order valence-corrected chi connectivity index (χ3v) is 3.47. The second kappa shape index (κ2) is 8.85. The maximum Gasteiger partial charge on any atom is 0.307 e. The van der Waals surface area contributed by atoms with Crippen LogP contribution in [0.25, 0.3) is 0 Å². The lowest BCUT2D eigenvalue weighted by molar-refractivity contribution is -0.142. The second-order valence-electron chi connectivity index (χ2n) is 3.40. The summed E-state index contributed by atoms with van der Waals surface area (Å²) in [4.78, 5) is 10.9. The van der Waals surface area contributed by atoms with Gasteiger partial charge in [-0.15, -0.1) is 0 Å². The van der Waals surface area contributed by atoms with Gasteiger partial charge >= 0.3 is 5.97 Å². The molecule has 0 rings (SSSR count). The fourth-order valence-electron chi connectivity index (χ4n) is 1.02. The number of hydrogen-bond acceptors (Lipinski definition) is 4. The van der Waals surface area contributed by atoms with Crippen molar-refractivity contribution in [2.24, 2.45) is 0 Å². The molecule has 4 nitrogen and oxygen atoms in total. The molecule has 0 aliphatic rings. The maximum atomic E-state index is 11.0. The Bertz CT molecular complexity index is 209. The van der Waals surface area contributed by atoms with Crippen molar-refractivity contribution in [3.8, 4) is 0 Å². The molecule has 1 N–H and O–H groups in total. The molecule has 0 fully saturated rings. The quantitative estimate of drug-likeness (QED) is 0.497. The van der Waals surface area contributed by atoms with Crippen LogP contribution in [0, 0.1) is 0 Å². The summed E-state index contributed by atoms with van der Waals surface area (Å²) in [5.74, 6) is -0.169. The SMILES string of the molecule is CCOC(=O)CCNCCC(C)S(C)=O. The lowest BCUT2D eigenvalue weighted by Crippen LogP contribution is -2.24. The third kappa shape index (κ3) is 8.57. The van der Waals surface area contributed by atoms with E-state index in [1.54, 1.807) is 13.2 Å². The van der Waals surface area contributed by atoms with Crippen molar-refractivity contribution < 1.29 is 13.7 Å². The van der Waals surface area contributed by atoms with Crippen LogP contribution in [0.1, 0.15) is 26.7 Å². The van der Waals surface area contributed by atoms with Gasteiger partial charge in [0.2, 0.25) is 0 Å². The van der Waals surface area contributed by atoms with Gasteiger partial charge in [0.15, 0.2) is 0 Å². The van der Waals surface area contributed by atoms with E-state index in [0.29, 0.717) is 19.6 Å². The van der Waals surface area contributed by atoms with Crippen molar-refractivity contribution in [1.29, 1.82) is 0 Å². The van der Waals surface area contributed by atoms with E-state index in [1.807, 2.05) is 6.92 Å². The molecule has 0 spiro atoms. The number of ether oxygens (including phenoxy) is 1. The van der Waals surface area contributed by atoms with Crippen LogP contribution in [0.15, 0.2) is 0 Å². The molecule has 15 heavy (non-hydrogen) atoms. The van der Waals surface area contributed by atoms with Gasteiger partial charge in [-0.1, -0.05) is 6.92 Å². The van der Waals surface area contributed by atoms with Crippen LogP contribution >= 0.6 is 0 Å². The zero-order chi connectivity index (χ0) is 11.7. The van der Waals surface area contributed by atoms with Gasteiger partial charge < -0.3 is 10.1 Å². The van der Waals surface area contributed by atoms with Crippen LogP contribution in [0.2, 0.25) is 0 Å². The van der Waals surface area contributed by atoms with E-state index in [2.05, 4.69) is 5.32 Å². The van der Waals surface area contributed by atoms with Crippen molar-refractivity contribution in [3.05, 3.63) is 0 Å². The standard InChI is InChI=1S/C10H21NO3S/c1-4-14-10(12)6-8-11-7-5-9(2)15(3)13/h9,11H,4-8H2,1-3H3. The molecule has 2 unspecified atom stereocenters. The van der Waals surface area contributed by atoms with Crippen molar-refractivity contribution >= 4 is 16.8 Å². The average molecular weight is 235 g/mol. The molecule has 0 radical (unpaired) electrons. The third-order valence-electron chi connectivity index (χ3n) is 2.11. The second-order valence-corrected chi connectivity index (χ2v) is 5.20. The first-order chi connectivity index (χ1) is 7.07. The van der Waals surface area contributed by atoms with Gasteiger partial charge in [-0.3, -0.25) is 9.00 Å². The zero-order valence-electron chi connectivity index (χ0n) is 9.75. The van der Waals surface area contributed by atoms with E-state index < -0.39 is 10.8 Å². The van der Waals surface area contributed by atoms with Gasteiger partial charge in [0, 0.05) is 28.9 Å². The van der Waals surface area contributed by atoms with Gasteiger partial charge in [0.25, 0.3) is 0 Å². The molecule has 0 bridgehead atoms. The van der Waals surface area contributed by atoms with E-state index in [9.17, 15) is 9.00 Å². The minimum atomic E-state index is -0.759. The summed E-state index contributed by atoms with van der Waals surface area (Å²) < 4.78 is 15.8. The van der Waals surface area contributed by atoms with E-state index in [-0.39, 0.29) is 11.2 Å². The molecule has 5 heteroatoms. The number of nitrogens with one attached hydrogen (secondary N) is 1. The largest absolute Gasteiger partial charge is 0.466 e. The number of hydrogen-bond donors (Lipinski definition) is 1. The Morgan fingerprint density at radius 3 is 2.67 bits per heavy atom. The lowest BCUT2D eigenvalue weighted by atomic mass is 10.3. The smallest absolute Gasteiger partial charge is 0.307 e. The Hall–Kier alpha value is -0.420. The topological polar surface area (TPSA) is 55.4 Å². The van der Waals surface area contributed by atoms with Gasteiger partial charge in [-0.05, 0) is 19.9 Å². The molecule has 0 saturated carbocycles.